The Labute approximate surface area is 113 Å². The van der Waals surface area contributed by atoms with Crippen molar-refractivity contribution >= 4 is 11.9 Å². The summed E-state index contributed by atoms with van der Waals surface area (Å²) in [4.78, 5) is 23.2. The van der Waals surface area contributed by atoms with Crippen molar-refractivity contribution in [2.45, 2.75) is 46.6 Å². The Balaban J connectivity index is 2.91. The van der Waals surface area contributed by atoms with Crippen LogP contribution in [0.5, 0.6) is 0 Å². The molecule has 19 heavy (non-hydrogen) atoms. The number of carboxylic acids is 1. The molecular weight excluding hydrogens is 246 g/mol. The molecule has 1 aromatic heterocycles. The maximum absolute atomic E-state index is 12.1. The number of carboxylic acid groups (broad SMARTS) is 1. The van der Waals surface area contributed by atoms with Crippen LogP contribution in [0.4, 0.5) is 0 Å². The number of carbonyl (C=O) groups excluding carboxylic acids is 1. The predicted molar refractivity (Wildman–Crippen MR) is 71.3 cm³/mol. The van der Waals surface area contributed by atoms with E-state index in [1.54, 1.807) is 26.8 Å². The lowest BCUT2D eigenvalue weighted by Crippen LogP contribution is -2.44. The fourth-order valence-electron chi connectivity index (χ4n) is 1.75. The van der Waals surface area contributed by atoms with Gasteiger partial charge in [0.2, 0.25) is 0 Å². The molecule has 1 amide bonds. The van der Waals surface area contributed by atoms with Crippen molar-refractivity contribution in [3.8, 4) is 0 Å². The number of carbonyl (C=O) groups is 2. The average Bonchev–Trinajstić information content (AvgIpc) is 2.67. The molecule has 5 heteroatoms. The van der Waals surface area contributed by atoms with Crippen LogP contribution in [0.2, 0.25) is 0 Å². The van der Waals surface area contributed by atoms with Gasteiger partial charge >= 0.3 is 5.97 Å². The third-order valence-electron chi connectivity index (χ3n) is 2.97. The van der Waals surface area contributed by atoms with E-state index in [0.717, 1.165) is 5.76 Å². The zero-order chi connectivity index (χ0) is 14.7. The van der Waals surface area contributed by atoms with Gasteiger partial charge in [-0.05, 0) is 18.9 Å². The normalized spacial score (nSPS) is 12.8. The molecule has 0 aliphatic carbocycles. The standard InChI is InChI=1S/C14H21NO4/c1-7(2)11-6-10(9(5)19-11)13(16)15-12(8(3)4)14(17)18/h6-8,12H,1-5H3,(H,15,16)(H,17,18). The molecule has 1 unspecified atom stereocenters. The summed E-state index contributed by atoms with van der Waals surface area (Å²) in [6, 6.07) is 0.776. The average molecular weight is 267 g/mol. The maximum Gasteiger partial charge on any atom is 0.326 e. The number of nitrogens with one attached hydrogen (secondary N) is 1. The van der Waals surface area contributed by atoms with Crippen LogP contribution in [0.3, 0.4) is 0 Å². The zero-order valence-electron chi connectivity index (χ0n) is 12.0. The SMILES string of the molecule is Cc1oc(C(C)C)cc1C(=O)NC(C(=O)O)C(C)C. The fraction of sp³-hybridized carbons (Fsp3) is 0.571. The minimum atomic E-state index is -1.03. The Morgan fingerprint density at radius 1 is 1.26 bits per heavy atom. The van der Waals surface area contributed by atoms with Gasteiger partial charge in [0, 0.05) is 5.92 Å². The summed E-state index contributed by atoms with van der Waals surface area (Å²) >= 11 is 0. The van der Waals surface area contributed by atoms with E-state index in [1.807, 2.05) is 13.8 Å². The molecule has 0 spiro atoms. The van der Waals surface area contributed by atoms with E-state index in [-0.39, 0.29) is 11.8 Å². The molecule has 1 rings (SSSR count). The quantitative estimate of drug-likeness (QED) is 0.859. The van der Waals surface area contributed by atoms with Crippen LogP contribution < -0.4 is 5.32 Å². The van der Waals surface area contributed by atoms with E-state index < -0.39 is 17.9 Å². The second kappa shape index (κ2) is 5.91. The molecule has 0 bridgehead atoms. The van der Waals surface area contributed by atoms with E-state index in [2.05, 4.69) is 5.32 Å². The lowest BCUT2D eigenvalue weighted by molar-refractivity contribution is -0.140. The van der Waals surface area contributed by atoms with Crippen molar-refractivity contribution in [1.29, 1.82) is 0 Å². The van der Waals surface area contributed by atoms with Gasteiger partial charge < -0.3 is 14.8 Å². The summed E-state index contributed by atoms with van der Waals surface area (Å²) in [6.07, 6.45) is 0. The van der Waals surface area contributed by atoms with Gasteiger partial charge in [-0.15, -0.1) is 0 Å². The Morgan fingerprint density at radius 3 is 2.21 bits per heavy atom. The van der Waals surface area contributed by atoms with Crippen LogP contribution in [0.25, 0.3) is 0 Å². The lowest BCUT2D eigenvalue weighted by Gasteiger charge is -2.17. The molecule has 0 aliphatic rings. The Hall–Kier alpha value is -1.78. The second-order valence-electron chi connectivity index (χ2n) is 5.31. The summed E-state index contributed by atoms with van der Waals surface area (Å²) in [5, 5.41) is 11.6. The highest BCUT2D eigenvalue weighted by Gasteiger charge is 2.26. The van der Waals surface area contributed by atoms with Crippen LogP contribution in [-0.4, -0.2) is 23.0 Å². The summed E-state index contributed by atoms with van der Waals surface area (Å²) in [5.74, 6) is -0.213. The van der Waals surface area contributed by atoms with Gasteiger partial charge in [0.05, 0.1) is 5.56 Å². The number of hydrogen-bond acceptors (Lipinski definition) is 3. The van der Waals surface area contributed by atoms with Crippen LogP contribution in [0, 0.1) is 12.8 Å². The van der Waals surface area contributed by atoms with Gasteiger partial charge in [0.15, 0.2) is 0 Å². The van der Waals surface area contributed by atoms with E-state index in [0.29, 0.717) is 11.3 Å². The van der Waals surface area contributed by atoms with Crippen LogP contribution in [0.1, 0.15) is 55.5 Å². The first-order valence-corrected chi connectivity index (χ1v) is 6.38. The van der Waals surface area contributed by atoms with Crippen LogP contribution in [0.15, 0.2) is 10.5 Å². The van der Waals surface area contributed by atoms with Gasteiger partial charge in [-0.1, -0.05) is 27.7 Å². The van der Waals surface area contributed by atoms with Crippen molar-refractivity contribution in [3.63, 3.8) is 0 Å². The second-order valence-corrected chi connectivity index (χ2v) is 5.31. The molecular formula is C14H21NO4. The molecule has 0 aliphatic heterocycles. The minimum Gasteiger partial charge on any atom is -0.480 e. The fourth-order valence-corrected chi connectivity index (χ4v) is 1.75. The minimum absolute atomic E-state index is 0.181. The van der Waals surface area contributed by atoms with Crippen molar-refractivity contribution in [1.82, 2.24) is 5.32 Å². The predicted octanol–water partition coefficient (Wildman–Crippen LogP) is 2.55. The molecule has 1 aromatic rings. The monoisotopic (exact) mass is 267 g/mol. The molecule has 106 valence electrons. The molecule has 2 N–H and O–H groups in total. The summed E-state index contributed by atoms with van der Waals surface area (Å²) in [7, 11) is 0. The highest BCUT2D eigenvalue weighted by atomic mass is 16.4. The largest absolute Gasteiger partial charge is 0.480 e. The van der Waals surface area contributed by atoms with Gasteiger partial charge in [0.25, 0.3) is 5.91 Å². The van der Waals surface area contributed by atoms with E-state index in [9.17, 15) is 9.59 Å². The first-order chi connectivity index (χ1) is 8.73. The third-order valence-corrected chi connectivity index (χ3v) is 2.97. The number of hydrogen-bond donors (Lipinski definition) is 2. The Kier molecular flexibility index (Phi) is 4.75. The highest BCUT2D eigenvalue weighted by Crippen LogP contribution is 2.22. The van der Waals surface area contributed by atoms with E-state index in [4.69, 9.17) is 9.52 Å². The van der Waals surface area contributed by atoms with Crippen molar-refractivity contribution < 1.29 is 19.1 Å². The number of amides is 1. The summed E-state index contributed by atoms with van der Waals surface area (Å²) in [5.41, 5.74) is 0.399. The molecule has 0 fully saturated rings. The van der Waals surface area contributed by atoms with Gasteiger partial charge in [-0.25, -0.2) is 4.79 Å². The van der Waals surface area contributed by atoms with E-state index >= 15 is 0 Å². The third kappa shape index (κ3) is 3.59. The van der Waals surface area contributed by atoms with Crippen molar-refractivity contribution in [2.24, 2.45) is 5.92 Å². The molecule has 0 saturated heterocycles. The van der Waals surface area contributed by atoms with Crippen molar-refractivity contribution in [2.75, 3.05) is 0 Å². The molecule has 1 atom stereocenters. The Morgan fingerprint density at radius 2 is 1.84 bits per heavy atom. The first-order valence-electron chi connectivity index (χ1n) is 6.38. The molecule has 0 aromatic carbocycles. The van der Waals surface area contributed by atoms with Crippen LogP contribution >= 0.6 is 0 Å². The smallest absolute Gasteiger partial charge is 0.326 e. The van der Waals surface area contributed by atoms with Gasteiger partial charge in [-0.2, -0.15) is 0 Å². The van der Waals surface area contributed by atoms with Crippen molar-refractivity contribution in [3.05, 3.63) is 23.2 Å². The molecule has 0 saturated carbocycles. The summed E-state index contributed by atoms with van der Waals surface area (Å²) in [6.45, 7) is 9.13. The molecule has 0 radical (unpaired) electrons. The number of aliphatic carboxylic acids is 1. The number of aryl methyl sites for hydroxylation is 1. The summed E-state index contributed by atoms with van der Waals surface area (Å²) < 4.78 is 5.49. The first kappa shape index (κ1) is 15.3. The topological polar surface area (TPSA) is 79.5 Å². The number of furan rings is 1. The maximum atomic E-state index is 12.1. The molecule has 5 nitrogen and oxygen atoms in total. The lowest BCUT2D eigenvalue weighted by atomic mass is 10.0. The number of rotatable bonds is 5. The van der Waals surface area contributed by atoms with Gasteiger partial charge in [0.1, 0.15) is 17.6 Å². The van der Waals surface area contributed by atoms with Gasteiger partial charge in [-0.3, -0.25) is 4.79 Å². The molecule has 1 heterocycles. The van der Waals surface area contributed by atoms with E-state index in [1.165, 1.54) is 0 Å². The van der Waals surface area contributed by atoms with Crippen LogP contribution in [-0.2, 0) is 4.79 Å². The highest BCUT2D eigenvalue weighted by molar-refractivity contribution is 5.97. The zero-order valence-corrected chi connectivity index (χ0v) is 12.0. The Bertz CT molecular complexity index is 474.